The highest BCUT2D eigenvalue weighted by Crippen LogP contribution is 2.29. The van der Waals surface area contributed by atoms with Crippen molar-refractivity contribution >= 4 is 16.9 Å². The number of benzene rings is 1. The number of nitrogens with zero attached hydrogens (tertiary/aromatic N) is 1. The van der Waals surface area contributed by atoms with Gasteiger partial charge in [0.05, 0.1) is 0 Å². The topological polar surface area (TPSA) is 81.4 Å². The van der Waals surface area contributed by atoms with E-state index in [9.17, 15) is 9.59 Å². The van der Waals surface area contributed by atoms with Crippen LogP contribution in [-0.2, 0) is 17.6 Å². The summed E-state index contributed by atoms with van der Waals surface area (Å²) in [6.07, 6.45) is 5.28. The number of hydrogen-bond donors (Lipinski definition) is 1. The number of hydrogen-bond acceptors (Lipinski definition) is 5. The second kappa shape index (κ2) is 9.87. The van der Waals surface area contributed by atoms with Crippen LogP contribution >= 0.6 is 0 Å². The van der Waals surface area contributed by atoms with Gasteiger partial charge in [0.2, 0.25) is 0 Å². The minimum atomic E-state index is -0.365. The maximum absolute atomic E-state index is 12.1. The summed E-state index contributed by atoms with van der Waals surface area (Å²) >= 11 is 0. The highest BCUT2D eigenvalue weighted by Gasteiger charge is 2.13. The summed E-state index contributed by atoms with van der Waals surface area (Å²) in [6.45, 7) is 4.34. The van der Waals surface area contributed by atoms with E-state index in [1.807, 2.05) is 37.3 Å². The first-order valence-corrected chi connectivity index (χ1v) is 9.94. The van der Waals surface area contributed by atoms with Crippen LogP contribution in [0.25, 0.3) is 11.0 Å². The van der Waals surface area contributed by atoms with E-state index in [2.05, 4.69) is 17.2 Å². The van der Waals surface area contributed by atoms with Crippen LogP contribution in [0.2, 0.25) is 0 Å². The Bertz CT molecular complexity index is 1030. The highest BCUT2D eigenvalue weighted by molar-refractivity contribution is 5.85. The van der Waals surface area contributed by atoms with Gasteiger partial charge in [-0.3, -0.25) is 9.78 Å². The molecule has 0 unspecified atom stereocenters. The van der Waals surface area contributed by atoms with Crippen molar-refractivity contribution in [1.82, 2.24) is 10.3 Å². The van der Waals surface area contributed by atoms with Crippen molar-refractivity contribution in [2.24, 2.45) is 0 Å². The van der Waals surface area contributed by atoms with Crippen molar-refractivity contribution in [3.63, 3.8) is 0 Å². The van der Waals surface area contributed by atoms with E-state index in [4.69, 9.17) is 9.15 Å². The maximum Gasteiger partial charge on any atom is 0.336 e. The van der Waals surface area contributed by atoms with Crippen LogP contribution in [0.15, 0.2) is 51.8 Å². The van der Waals surface area contributed by atoms with Crippen molar-refractivity contribution in [3.05, 3.63) is 69.8 Å². The number of unbranched alkanes of at least 4 members (excludes halogenated alkanes) is 1. The lowest BCUT2D eigenvalue weighted by Gasteiger charge is -2.12. The molecule has 0 aliphatic rings. The average molecular weight is 394 g/mol. The molecule has 1 aromatic carbocycles. The SMILES string of the molecule is CCCCc1cc(=O)oc2c(C)c(OCC(=O)NCCc3ccccn3)ccc12. The number of aromatic nitrogens is 1. The van der Waals surface area contributed by atoms with Crippen LogP contribution in [0, 0.1) is 6.92 Å². The molecule has 0 bridgehead atoms. The van der Waals surface area contributed by atoms with Crippen LogP contribution in [-0.4, -0.2) is 24.0 Å². The zero-order chi connectivity index (χ0) is 20.6. The molecule has 29 heavy (non-hydrogen) atoms. The minimum Gasteiger partial charge on any atom is -0.483 e. The van der Waals surface area contributed by atoms with E-state index < -0.39 is 0 Å². The van der Waals surface area contributed by atoms with E-state index >= 15 is 0 Å². The molecule has 2 aromatic heterocycles. The van der Waals surface area contributed by atoms with Crippen molar-refractivity contribution in [2.45, 2.75) is 39.5 Å². The lowest BCUT2D eigenvalue weighted by Crippen LogP contribution is -2.30. The van der Waals surface area contributed by atoms with E-state index in [1.165, 1.54) is 0 Å². The standard InChI is InChI=1S/C23H26N2O4/c1-3-4-7-17-14-22(27)29-23-16(2)20(10-9-19(17)23)28-15-21(26)25-13-11-18-8-5-6-12-24-18/h5-6,8-10,12,14H,3-4,7,11,13,15H2,1-2H3,(H,25,26). The summed E-state index contributed by atoms with van der Waals surface area (Å²) in [6, 6.07) is 11.0. The van der Waals surface area contributed by atoms with Gasteiger partial charge in [-0.15, -0.1) is 0 Å². The molecule has 1 N–H and O–H groups in total. The van der Waals surface area contributed by atoms with E-state index in [0.717, 1.165) is 41.5 Å². The second-order valence-electron chi connectivity index (χ2n) is 6.97. The number of amides is 1. The fourth-order valence-corrected chi connectivity index (χ4v) is 3.21. The minimum absolute atomic E-state index is 0.103. The summed E-state index contributed by atoms with van der Waals surface area (Å²) in [7, 11) is 0. The van der Waals surface area contributed by atoms with Crippen molar-refractivity contribution in [2.75, 3.05) is 13.2 Å². The zero-order valence-corrected chi connectivity index (χ0v) is 16.9. The number of nitrogens with one attached hydrogen (secondary N) is 1. The van der Waals surface area contributed by atoms with Gasteiger partial charge < -0.3 is 14.5 Å². The predicted molar refractivity (Wildman–Crippen MR) is 112 cm³/mol. The summed E-state index contributed by atoms with van der Waals surface area (Å²) < 4.78 is 11.1. The third-order valence-corrected chi connectivity index (χ3v) is 4.78. The first kappa shape index (κ1) is 20.6. The van der Waals surface area contributed by atoms with Gasteiger partial charge in [-0.1, -0.05) is 19.4 Å². The third kappa shape index (κ3) is 5.44. The molecule has 0 aliphatic heterocycles. The molecule has 0 radical (unpaired) electrons. The summed E-state index contributed by atoms with van der Waals surface area (Å²) in [5.41, 5.74) is 2.79. The molecule has 3 aromatic rings. The lowest BCUT2D eigenvalue weighted by molar-refractivity contribution is -0.123. The van der Waals surface area contributed by atoms with Crippen LogP contribution in [0.1, 0.15) is 36.6 Å². The quantitative estimate of drug-likeness (QED) is 0.561. The Morgan fingerprint density at radius 2 is 2.07 bits per heavy atom. The molecule has 6 heteroatoms. The van der Waals surface area contributed by atoms with Gasteiger partial charge in [-0.25, -0.2) is 4.79 Å². The average Bonchev–Trinajstić information content (AvgIpc) is 2.72. The monoisotopic (exact) mass is 394 g/mol. The molecule has 0 aliphatic carbocycles. The predicted octanol–water partition coefficient (Wildman–Crippen LogP) is 3.58. The molecule has 152 valence electrons. The molecule has 1 amide bonds. The first-order valence-electron chi connectivity index (χ1n) is 9.94. The van der Waals surface area contributed by atoms with Crippen LogP contribution in [0.3, 0.4) is 0 Å². The Labute approximate surface area is 169 Å². The largest absolute Gasteiger partial charge is 0.483 e. The fourth-order valence-electron chi connectivity index (χ4n) is 3.21. The Kier molecular flexibility index (Phi) is 7.00. The summed E-state index contributed by atoms with van der Waals surface area (Å²) in [5.74, 6) is 0.326. The Hall–Kier alpha value is -3.15. The smallest absolute Gasteiger partial charge is 0.336 e. The third-order valence-electron chi connectivity index (χ3n) is 4.78. The van der Waals surface area contributed by atoms with Gasteiger partial charge >= 0.3 is 5.63 Å². The van der Waals surface area contributed by atoms with Crippen molar-refractivity contribution in [3.8, 4) is 5.75 Å². The number of carbonyl (C=O) groups is 1. The Morgan fingerprint density at radius 1 is 1.21 bits per heavy atom. The lowest BCUT2D eigenvalue weighted by atomic mass is 10.0. The Morgan fingerprint density at radius 3 is 2.83 bits per heavy atom. The molecular weight excluding hydrogens is 368 g/mol. The summed E-state index contributed by atoms with van der Waals surface area (Å²) in [4.78, 5) is 28.3. The molecule has 2 heterocycles. The number of aryl methyl sites for hydroxylation is 2. The normalized spacial score (nSPS) is 10.8. The van der Waals surface area contributed by atoms with Gasteiger partial charge in [0.1, 0.15) is 11.3 Å². The molecule has 3 rings (SSSR count). The van der Waals surface area contributed by atoms with E-state index in [-0.39, 0.29) is 18.1 Å². The van der Waals surface area contributed by atoms with Crippen LogP contribution in [0.4, 0.5) is 0 Å². The number of pyridine rings is 1. The van der Waals surface area contributed by atoms with Gasteiger partial charge in [-0.2, -0.15) is 0 Å². The van der Waals surface area contributed by atoms with Crippen molar-refractivity contribution < 1.29 is 13.9 Å². The van der Waals surface area contributed by atoms with Crippen LogP contribution < -0.4 is 15.7 Å². The second-order valence-corrected chi connectivity index (χ2v) is 6.97. The molecule has 0 fully saturated rings. The van der Waals surface area contributed by atoms with Gasteiger partial charge in [0.15, 0.2) is 6.61 Å². The number of rotatable bonds is 9. The molecule has 0 atom stereocenters. The molecule has 0 spiro atoms. The zero-order valence-electron chi connectivity index (χ0n) is 16.9. The van der Waals surface area contributed by atoms with Crippen molar-refractivity contribution in [1.29, 1.82) is 0 Å². The highest BCUT2D eigenvalue weighted by atomic mass is 16.5. The van der Waals surface area contributed by atoms with Gasteiger partial charge in [-0.05, 0) is 49.6 Å². The Balaban J connectivity index is 1.63. The number of carbonyl (C=O) groups excluding carboxylic acids is 1. The summed E-state index contributed by atoms with van der Waals surface area (Å²) in [5, 5.41) is 3.74. The van der Waals surface area contributed by atoms with Gasteiger partial charge in [0.25, 0.3) is 5.91 Å². The molecule has 0 saturated heterocycles. The van der Waals surface area contributed by atoms with E-state index in [1.54, 1.807) is 12.3 Å². The number of ether oxygens (including phenoxy) is 1. The molecular formula is C23H26N2O4. The molecule has 0 saturated carbocycles. The first-order chi connectivity index (χ1) is 14.1. The van der Waals surface area contributed by atoms with Gasteiger partial charge in [0, 0.05) is 41.9 Å². The van der Waals surface area contributed by atoms with Crippen LogP contribution in [0.5, 0.6) is 5.75 Å². The maximum atomic E-state index is 12.1. The van der Waals surface area contributed by atoms with E-state index in [0.29, 0.717) is 24.3 Å². The molecule has 6 nitrogen and oxygen atoms in total. The fraction of sp³-hybridized carbons (Fsp3) is 0.348. The number of fused-ring (bicyclic) bond motifs is 1.